The van der Waals surface area contributed by atoms with E-state index in [-0.39, 0.29) is 11.1 Å². The Morgan fingerprint density at radius 3 is 2.76 bits per heavy atom. The van der Waals surface area contributed by atoms with Gasteiger partial charge in [-0.15, -0.1) is 0 Å². The number of hydrogen-bond acceptors (Lipinski definition) is 5. The molecular weight excluding hydrogens is 324 g/mol. The fourth-order valence-electron chi connectivity index (χ4n) is 2.60. The van der Waals surface area contributed by atoms with E-state index in [2.05, 4.69) is 10.6 Å². The van der Waals surface area contributed by atoms with Gasteiger partial charge in [-0.25, -0.2) is 19.3 Å². The van der Waals surface area contributed by atoms with Gasteiger partial charge in [-0.3, -0.25) is 0 Å². The highest BCUT2D eigenvalue weighted by molar-refractivity contribution is 5.97. The fourth-order valence-corrected chi connectivity index (χ4v) is 2.60. The standard InChI is InChI=1S/C17H18N4O4/c1-4-19-16(23)21-14(13(9-18)10(2)20-17(21)24)11-6-5-7-12(8-11)15(22)25-3/h5-8,14H,4H2,1-3H3,(H,19,23)(H,20,24). The Bertz CT molecular complexity index is 794. The number of ether oxygens (including phenoxy) is 1. The number of imide groups is 1. The number of hydrogen-bond donors (Lipinski definition) is 2. The first-order chi connectivity index (χ1) is 11.9. The molecule has 0 fully saturated rings. The number of nitrogens with zero attached hydrogens (tertiary/aromatic N) is 2. The Labute approximate surface area is 145 Å². The van der Waals surface area contributed by atoms with Gasteiger partial charge in [0.25, 0.3) is 0 Å². The van der Waals surface area contributed by atoms with Crippen LogP contribution in [-0.2, 0) is 4.74 Å². The monoisotopic (exact) mass is 342 g/mol. The average Bonchev–Trinajstić information content (AvgIpc) is 2.60. The molecule has 4 amide bonds. The quantitative estimate of drug-likeness (QED) is 0.817. The third-order valence-corrected chi connectivity index (χ3v) is 3.74. The number of allylic oxidation sites excluding steroid dienone is 1. The number of benzene rings is 1. The summed E-state index contributed by atoms with van der Waals surface area (Å²) >= 11 is 0. The number of nitriles is 1. The second-order valence-corrected chi connectivity index (χ2v) is 5.31. The molecule has 1 aromatic rings. The lowest BCUT2D eigenvalue weighted by Crippen LogP contribution is -2.53. The van der Waals surface area contributed by atoms with Crippen LogP contribution in [0.3, 0.4) is 0 Å². The van der Waals surface area contributed by atoms with Crippen molar-refractivity contribution in [2.24, 2.45) is 0 Å². The van der Waals surface area contributed by atoms with Crippen LogP contribution in [0.2, 0.25) is 0 Å². The smallest absolute Gasteiger partial charge is 0.337 e. The van der Waals surface area contributed by atoms with E-state index in [1.807, 2.05) is 6.07 Å². The minimum atomic E-state index is -0.935. The van der Waals surface area contributed by atoms with Crippen LogP contribution < -0.4 is 10.6 Å². The molecule has 25 heavy (non-hydrogen) atoms. The lowest BCUT2D eigenvalue weighted by Gasteiger charge is -2.34. The Balaban J connectivity index is 2.60. The van der Waals surface area contributed by atoms with Crippen molar-refractivity contribution in [1.29, 1.82) is 5.26 Å². The zero-order chi connectivity index (χ0) is 18.6. The Hall–Kier alpha value is -3.34. The Morgan fingerprint density at radius 1 is 1.44 bits per heavy atom. The van der Waals surface area contributed by atoms with E-state index in [9.17, 15) is 19.6 Å². The third-order valence-electron chi connectivity index (χ3n) is 3.74. The molecule has 0 saturated heterocycles. The van der Waals surface area contributed by atoms with Gasteiger partial charge in [-0.05, 0) is 31.5 Å². The maximum absolute atomic E-state index is 12.4. The van der Waals surface area contributed by atoms with E-state index in [0.29, 0.717) is 17.8 Å². The lowest BCUT2D eigenvalue weighted by molar-refractivity contribution is 0.0600. The van der Waals surface area contributed by atoms with Crippen molar-refractivity contribution in [3.8, 4) is 6.07 Å². The van der Waals surface area contributed by atoms with Crippen LogP contribution in [0.25, 0.3) is 0 Å². The van der Waals surface area contributed by atoms with Gasteiger partial charge in [0.15, 0.2) is 0 Å². The van der Waals surface area contributed by atoms with Crippen LogP contribution in [0.5, 0.6) is 0 Å². The molecule has 0 radical (unpaired) electrons. The molecule has 8 nitrogen and oxygen atoms in total. The molecule has 2 N–H and O–H groups in total. The molecule has 0 spiro atoms. The first-order valence-corrected chi connectivity index (χ1v) is 7.61. The van der Waals surface area contributed by atoms with Crippen molar-refractivity contribution in [2.45, 2.75) is 19.9 Å². The van der Waals surface area contributed by atoms with Gasteiger partial charge < -0.3 is 15.4 Å². The molecule has 0 aromatic heterocycles. The third kappa shape index (κ3) is 3.45. The van der Waals surface area contributed by atoms with Gasteiger partial charge in [-0.2, -0.15) is 5.26 Å². The maximum Gasteiger partial charge on any atom is 0.337 e. The predicted octanol–water partition coefficient (Wildman–Crippen LogP) is 2.07. The molecule has 1 atom stereocenters. The van der Waals surface area contributed by atoms with Crippen molar-refractivity contribution >= 4 is 18.0 Å². The number of methoxy groups -OCH3 is 1. The molecule has 1 unspecified atom stereocenters. The minimum absolute atomic E-state index is 0.216. The van der Waals surface area contributed by atoms with Crippen molar-refractivity contribution < 1.29 is 19.1 Å². The highest BCUT2D eigenvalue weighted by Gasteiger charge is 2.38. The summed E-state index contributed by atoms with van der Waals surface area (Å²) in [6.45, 7) is 3.63. The SMILES string of the molecule is CCNC(=O)N1C(=O)NC(C)=C(C#N)C1c1cccc(C(=O)OC)c1. The predicted molar refractivity (Wildman–Crippen MR) is 88.3 cm³/mol. The summed E-state index contributed by atoms with van der Waals surface area (Å²) in [5, 5.41) is 14.6. The number of carbonyl (C=O) groups is 3. The molecular formula is C17H18N4O4. The lowest BCUT2D eigenvalue weighted by atomic mass is 9.93. The zero-order valence-electron chi connectivity index (χ0n) is 14.1. The molecule has 2 rings (SSSR count). The first kappa shape index (κ1) is 18.0. The number of amides is 4. The second-order valence-electron chi connectivity index (χ2n) is 5.31. The van der Waals surface area contributed by atoms with E-state index >= 15 is 0 Å². The average molecular weight is 342 g/mol. The van der Waals surface area contributed by atoms with Crippen molar-refractivity contribution in [2.75, 3.05) is 13.7 Å². The summed E-state index contributed by atoms with van der Waals surface area (Å²) in [5.41, 5.74) is 1.30. The van der Waals surface area contributed by atoms with Crippen molar-refractivity contribution in [3.05, 3.63) is 46.7 Å². The normalized spacial score (nSPS) is 16.8. The van der Waals surface area contributed by atoms with E-state index in [1.165, 1.54) is 13.2 Å². The van der Waals surface area contributed by atoms with Crippen LogP contribution in [0.1, 0.15) is 35.8 Å². The van der Waals surface area contributed by atoms with Crippen molar-refractivity contribution in [1.82, 2.24) is 15.5 Å². The van der Waals surface area contributed by atoms with E-state index in [4.69, 9.17) is 4.74 Å². The van der Waals surface area contributed by atoms with Gasteiger partial charge in [0, 0.05) is 12.2 Å². The Morgan fingerprint density at radius 2 is 2.16 bits per heavy atom. The van der Waals surface area contributed by atoms with Gasteiger partial charge in [-0.1, -0.05) is 12.1 Å². The minimum Gasteiger partial charge on any atom is -0.465 e. The summed E-state index contributed by atoms with van der Waals surface area (Å²) in [6, 6.07) is 6.14. The van der Waals surface area contributed by atoms with Crippen LogP contribution in [0, 0.1) is 11.3 Å². The molecule has 1 aromatic carbocycles. The molecule has 0 saturated carbocycles. The summed E-state index contributed by atoms with van der Waals surface area (Å²) in [7, 11) is 1.26. The van der Waals surface area contributed by atoms with Crippen LogP contribution in [0.4, 0.5) is 9.59 Å². The number of urea groups is 2. The van der Waals surface area contributed by atoms with E-state index in [1.54, 1.807) is 32.0 Å². The summed E-state index contributed by atoms with van der Waals surface area (Å²) in [6.07, 6.45) is 0. The van der Waals surface area contributed by atoms with Gasteiger partial charge in [0.2, 0.25) is 0 Å². The van der Waals surface area contributed by atoms with Gasteiger partial charge in [0.1, 0.15) is 6.04 Å². The largest absolute Gasteiger partial charge is 0.465 e. The molecule has 0 aliphatic carbocycles. The number of esters is 1. The number of rotatable bonds is 3. The van der Waals surface area contributed by atoms with Crippen LogP contribution >= 0.6 is 0 Å². The van der Waals surface area contributed by atoms with Crippen molar-refractivity contribution in [3.63, 3.8) is 0 Å². The number of carbonyl (C=O) groups excluding carboxylic acids is 3. The maximum atomic E-state index is 12.4. The molecule has 130 valence electrons. The summed E-state index contributed by atoms with van der Waals surface area (Å²) in [4.78, 5) is 37.4. The molecule has 0 bridgehead atoms. The van der Waals surface area contributed by atoms with E-state index in [0.717, 1.165) is 4.90 Å². The van der Waals surface area contributed by atoms with Crippen LogP contribution in [0.15, 0.2) is 35.5 Å². The summed E-state index contributed by atoms with van der Waals surface area (Å²) in [5.74, 6) is -0.550. The molecule has 1 aliphatic heterocycles. The first-order valence-electron chi connectivity index (χ1n) is 7.61. The van der Waals surface area contributed by atoms with E-state index < -0.39 is 24.1 Å². The highest BCUT2D eigenvalue weighted by Crippen LogP contribution is 2.33. The zero-order valence-corrected chi connectivity index (χ0v) is 14.1. The van der Waals surface area contributed by atoms with Gasteiger partial charge in [0.05, 0.1) is 24.3 Å². The second kappa shape index (κ2) is 7.49. The highest BCUT2D eigenvalue weighted by atomic mass is 16.5. The fraction of sp³-hybridized carbons (Fsp3) is 0.294. The topological polar surface area (TPSA) is 112 Å². The van der Waals surface area contributed by atoms with Crippen LogP contribution in [-0.4, -0.2) is 36.6 Å². The molecule has 1 aliphatic rings. The Kier molecular flexibility index (Phi) is 5.39. The molecule has 1 heterocycles. The van der Waals surface area contributed by atoms with Gasteiger partial charge >= 0.3 is 18.0 Å². The number of nitrogens with one attached hydrogen (secondary N) is 2. The molecule has 8 heteroatoms. The summed E-state index contributed by atoms with van der Waals surface area (Å²) < 4.78 is 4.70.